The van der Waals surface area contributed by atoms with E-state index < -0.39 is 23.3 Å². The van der Waals surface area contributed by atoms with E-state index in [4.69, 9.17) is 4.74 Å². The summed E-state index contributed by atoms with van der Waals surface area (Å²) in [5.41, 5.74) is 0.768. The number of rotatable bonds is 12. The molecule has 0 heterocycles. The van der Waals surface area contributed by atoms with Crippen molar-refractivity contribution in [2.45, 2.75) is 179 Å². The summed E-state index contributed by atoms with van der Waals surface area (Å²) in [4.78, 5) is 0. The summed E-state index contributed by atoms with van der Waals surface area (Å²) in [5.74, 6) is -0.858. The Balaban J connectivity index is 1.14. The van der Waals surface area contributed by atoms with Gasteiger partial charge in [0.25, 0.3) is 0 Å². The molecule has 0 N–H and O–H groups in total. The van der Waals surface area contributed by atoms with Crippen LogP contribution in [0.3, 0.4) is 0 Å². The molecule has 0 bridgehead atoms. The molecule has 0 amide bonds. The lowest BCUT2D eigenvalue weighted by Crippen LogP contribution is -2.40. The molecule has 49 heavy (non-hydrogen) atoms. The van der Waals surface area contributed by atoms with Crippen LogP contribution in [0.5, 0.6) is 0 Å². The van der Waals surface area contributed by atoms with Gasteiger partial charge in [-0.05, 0) is 86.2 Å². The van der Waals surface area contributed by atoms with Crippen molar-refractivity contribution in [1.82, 2.24) is 0 Å². The zero-order valence-electron chi connectivity index (χ0n) is 30.5. The maximum Gasteiger partial charge on any atom is 0.164 e. The molecule has 1 nitrogen and oxygen atoms in total. The van der Waals surface area contributed by atoms with Crippen LogP contribution in [0, 0.1) is 46.9 Å². The summed E-state index contributed by atoms with van der Waals surface area (Å²) in [6.07, 6.45) is 24.3. The third kappa shape index (κ3) is 7.68. The van der Waals surface area contributed by atoms with E-state index in [0.717, 1.165) is 102 Å². The Morgan fingerprint density at radius 3 is 1.22 bits per heavy atom. The molecule has 5 heteroatoms. The first-order valence-electron chi connectivity index (χ1n) is 20.4. The zero-order valence-corrected chi connectivity index (χ0v) is 30.5. The topological polar surface area (TPSA) is 9.23 Å². The Morgan fingerprint density at radius 1 is 0.510 bits per heavy atom. The van der Waals surface area contributed by atoms with E-state index in [9.17, 15) is 0 Å². The Bertz CT molecular complexity index is 1250. The van der Waals surface area contributed by atoms with Crippen LogP contribution in [0.25, 0.3) is 0 Å². The molecule has 0 aromatic heterocycles. The number of hydrogen-bond acceptors (Lipinski definition) is 1. The average Bonchev–Trinajstić information content (AvgIpc) is 3.13. The van der Waals surface area contributed by atoms with Crippen LogP contribution in [-0.2, 0) is 28.8 Å². The summed E-state index contributed by atoms with van der Waals surface area (Å²) in [6, 6.07) is 6.98. The van der Waals surface area contributed by atoms with Gasteiger partial charge >= 0.3 is 0 Å². The molecule has 0 aliphatic heterocycles. The largest absolute Gasteiger partial charge is 0.372 e. The molecule has 0 atom stereocenters. The fourth-order valence-corrected chi connectivity index (χ4v) is 11.4. The molecule has 2 aromatic carbocycles. The van der Waals surface area contributed by atoms with Crippen LogP contribution in [0.4, 0.5) is 17.6 Å². The van der Waals surface area contributed by atoms with E-state index in [1.165, 1.54) is 51.4 Å². The number of ether oxygens (including phenoxy) is 1. The standard InChI is InChI=1S/C44H62F4O/c1-3-11-31-13-19-35(20-14-31)43(25-7-5-8-26-43)37-23-17-33(39(45)41(37)47)29-49-30-34-18-24-38(42(48)40(34)46)44(27-9-6-10-28-44)36-21-15-32(12-4-2)16-22-36/h17-18,23-24,31-32,35-36H,3-16,19-22,25-30H2,1-2H3. The lowest BCUT2D eigenvalue weighted by Gasteiger charge is -2.47. The second kappa shape index (κ2) is 16.6. The maximum atomic E-state index is 16.0. The van der Waals surface area contributed by atoms with Crippen molar-refractivity contribution in [3.63, 3.8) is 0 Å². The van der Waals surface area contributed by atoms with Crippen molar-refractivity contribution >= 4 is 0 Å². The summed E-state index contributed by atoms with van der Waals surface area (Å²) >= 11 is 0. The van der Waals surface area contributed by atoms with Gasteiger partial charge in [0.1, 0.15) is 0 Å². The summed E-state index contributed by atoms with van der Waals surface area (Å²) in [5, 5.41) is 0. The van der Waals surface area contributed by atoms with Gasteiger partial charge in [-0.25, -0.2) is 17.6 Å². The Labute approximate surface area is 294 Å². The maximum absolute atomic E-state index is 16.0. The van der Waals surface area contributed by atoms with Crippen molar-refractivity contribution in [3.8, 4) is 0 Å². The van der Waals surface area contributed by atoms with Gasteiger partial charge in [-0.3, -0.25) is 0 Å². The monoisotopic (exact) mass is 682 g/mol. The molecule has 6 rings (SSSR count). The van der Waals surface area contributed by atoms with Crippen molar-refractivity contribution < 1.29 is 22.3 Å². The smallest absolute Gasteiger partial charge is 0.164 e. The van der Waals surface area contributed by atoms with Gasteiger partial charge in [0.15, 0.2) is 23.3 Å². The lowest BCUT2D eigenvalue weighted by molar-refractivity contribution is 0.0996. The summed E-state index contributed by atoms with van der Waals surface area (Å²) in [7, 11) is 0. The molecular formula is C44H62F4O. The fraction of sp³-hybridized carbons (Fsp3) is 0.727. The average molecular weight is 683 g/mol. The van der Waals surface area contributed by atoms with Crippen LogP contribution >= 0.6 is 0 Å². The van der Waals surface area contributed by atoms with Gasteiger partial charge in [-0.1, -0.05) is 128 Å². The van der Waals surface area contributed by atoms with Crippen LogP contribution in [-0.4, -0.2) is 0 Å². The van der Waals surface area contributed by atoms with Crippen LogP contribution in [0.1, 0.15) is 177 Å². The highest BCUT2D eigenvalue weighted by Gasteiger charge is 2.46. The summed E-state index contributed by atoms with van der Waals surface area (Å²) < 4.78 is 69.4. The van der Waals surface area contributed by atoms with E-state index in [1.807, 2.05) is 12.1 Å². The predicted octanol–water partition coefficient (Wildman–Crippen LogP) is 13.6. The molecular weight excluding hydrogens is 620 g/mol. The first kappa shape index (κ1) is 36.9. The van der Waals surface area contributed by atoms with E-state index >= 15 is 17.6 Å². The first-order valence-corrected chi connectivity index (χ1v) is 20.4. The molecule has 272 valence electrons. The summed E-state index contributed by atoms with van der Waals surface area (Å²) in [6.45, 7) is 4.11. The molecule has 4 fully saturated rings. The molecule has 0 radical (unpaired) electrons. The number of hydrogen-bond donors (Lipinski definition) is 0. The Morgan fingerprint density at radius 2 is 0.878 bits per heavy atom. The minimum Gasteiger partial charge on any atom is -0.372 e. The van der Waals surface area contributed by atoms with E-state index in [-0.39, 0.29) is 35.2 Å². The third-order valence-electron chi connectivity index (χ3n) is 14.1. The minimum absolute atomic E-state index is 0.135. The third-order valence-corrected chi connectivity index (χ3v) is 14.1. The minimum atomic E-state index is -0.850. The van der Waals surface area contributed by atoms with Crippen molar-refractivity contribution in [1.29, 1.82) is 0 Å². The fourth-order valence-electron chi connectivity index (χ4n) is 11.4. The lowest BCUT2D eigenvalue weighted by atomic mass is 9.57. The molecule has 0 spiro atoms. The van der Waals surface area contributed by atoms with Crippen LogP contribution < -0.4 is 0 Å². The quantitative estimate of drug-likeness (QED) is 0.203. The normalized spacial score (nSPS) is 27.2. The molecule has 4 aliphatic rings. The van der Waals surface area contributed by atoms with Crippen LogP contribution in [0.2, 0.25) is 0 Å². The van der Waals surface area contributed by atoms with Gasteiger partial charge in [-0.15, -0.1) is 0 Å². The highest BCUT2D eigenvalue weighted by molar-refractivity contribution is 5.35. The Hall–Kier alpha value is -1.88. The molecule has 4 aliphatic carbocycles. The van der Waals surface area contributed by atoms with Gasteiger partial charge < -0.3 is 4.74 Å². The van der Waals surface area contributed by atoms with Crippen LogP contribution in [0.15, 0.2) is 24.3 Å². The number of halogens is 4. The predicted molar refractivity (Wildman–Crippen MR) is 191 cm³/mol. The van der Waals surface area contributed by atoms with E-state index in [2.05, 4.69) is 13.8 Å². The van der Waals surface area contributed by atoms with Crippen molar-refractivity contribution in [2.24, 2.45) is 23.7 Å². The van der Waals surface area contributed by atoms with Gasteiger partial charge in [-0.2, -0.15) is 0 Å². The second-order valence-electron chi connectivity index (χ2n) is 16.7. The zero-order chi connectivity index (χ0) is 34.4. The van der Waals surface area contributed by atoms with Gasteiger partial charge in [0, 0.05) is 22.0 Å². The highest BCUT2D eigenvalue weighted by Crippen LogP contribution is 2.54. The Kier molecular flexibility index (Phi) is 12.5. The van der Waals surface area contributed by atoms with Crippen molar-refractivity contribution in [3.05, 3.63) is 69.8 Å². The number of benzene rings is 2. The molecule has 4 saturated carbocycles. The van der Waals surface area contributed by atoms with Gasteiger partial charge in [0.05, 0.1) is 13.2 Å². The SMILES string of the molecule is CCCC1CCC(C2(c3ccc(COCc4ccc(C5(C6CCC(CCC)CC6)CCCCC5)c(F)c4F)c(F)c3F)CCCCC2)CC1. The molecule has 0 unspecified atom stereocenters. The van der Waals surface area contributed by atoms with Crippen molar-refractivity contribution in [2.75, 3.05) is 0 Å². The second-order valence-corrected chi connectivity index (χ2v) is 16.7. The first-order chi connectivity index (χ1) is 23.8. The molecule has 0 saturated heterocycles. The van der Waals surface area contributed by atoms with Gasteiger partial charge in [0.2, 0.25) is 0 Å². The molecule has 2 aromatic rings. The highest BCUT2D eigenvalue weighted by atomic mass is 19.2. The van der Waals surface area contributed by atoms with E-state index in [1.54, 1.807) is 12.1 Å². The van der Waals surface area contributed by atoms with E-state index in [0.29, 0.717) is 23.0 Å².